The largest absolute Gasteiger partial charge is 0.454 e. The normalized spacial score (nSPS) is 18.7. The second kappa shape index (κ2) is 4.81. The van der Waals surface area contributed by atoms with Crippen molar-refractivity contribution < 1.29 is 13.9 Å². The highest BCUT2D eigenvalue weighted by Gasteiger charge is 2.24. The van der Waals surface area contributed by atoms with Crippen molar-refractivity contribution in [1.82, 2.24) is 0 Å². The summed E-state index contributed by atoms with van der Waals surface area (Å²) < 4.78 is 23.9. The Balaban J connectivity index is 1.64. The monoisotopic (exact) mass is 305 g/mol. The molecule has 5 heteroatoms. The zero-order chi connectivity index (χ0) is 14.4. The Labute approximate surface area is 126 Å². The number of hydrogen-bond donors (Lipinski definition) is 1. The Bertz CT molecular complexity index is 720. The van der Waals surface area contributed by atoms with Crippen LogP contribution in [-0.2, 0) is 6.42 Å². The zero-order valence-corrected chi connectivity index (χ0v) is 11.9. The minimum atomic E-state index is -0.185. The van der Waals surface area contributed by atoms with E-state index >= 15 is 0 Å². The first-order chi connectivity index (χ1) is 10.2. The standard InChI is InChI=1S/C16H13ClFNO2/c17-12-6-15-16(21-8-20-15)7-14(12)19-13-4-1-9-5-10(18)2-3-11(9)13/h2-3,5-7,13,19H,1,4,8H2. The van der Waals surface area contributed by atoms with E-state index in [0.29, 0.717) is 16.5 Å². The second-order valence-electron chi connectivity index (χ2n) is 5.26. The van der Waals surface area contributed by atoms with Gasteiger partial charge < -0.3 is 14.8 Å². The Morgan fingerprint density at radius 3 is 2.81 bits per heavy atom. The fraction of sp³-hybridized carbons (Fsp3) is 0.250. The molecule has 0 amide bonds. The van der Waals surface area contributed by atoms with Crippen LogP contribution in [0.1, 0.15) is 23.6 Å². The summed E-state index contributed by atoms with van der Waals surface area (Å²) in [6.45, 7) is 0.223. The fourth-order valence-electron chi connectivity index (χ4n) is 2.95. The number of nitrogens with one attached hydrogen (secondary N) is 1. The predicted molar refractivity (Wildman–Crippen MR) is 78.7 cm³/mol. The molecule has 4 rings (SSSR count). The lowest BCUT2D eigenvalue weighted by Gasteiger charge is -2.17. The average molecular weight is 306 g/mol. The number of fused-ring (bicyclic) bond motifs is 2. The van der Waals surface area contributed by atoms with Gasteiger partial charge in [0, 0.05) is 12.1 Å². The predicted octanol–water partition coefficient (Wildman–Crippen LogP) is 4.31. The van der Waals surface area contributed by atoms with Crippen LogP contribution in [0.5, 0.6) is 11.5 Å². The van der Waals surface area contributed by atoms with Crippen molar-refractivity contribution in [2.24, 2.45) is 0 Å². The number of anilines is 1. The van der Waals surface area contributed by atoms with Gasteiger partial charge in [0.1, 0.15) is 5.82 Å². The topological polar surface area (TPSA) is 30.5 Å². The lowest BCUT2D eigenvalue weighted by atomic mass is 10.1. The molecule has 3 nitrogen and oxygen atoms in total. The van der Waals surface area contributed by atoms with Crippen LogP contribution in [0.15, 0.2) is 30.3 Å². The van der Waals surface area contributed by atoms with E-state index in [1.807, 2.05) is 12.1 Å². The molecule has 2 aromatic rings. The third-order valence-corrected chi connectivity index (χ3v) is 4.29. The molecule has 0 saturated heterocycles. The molecule has 0 radical (unpaired) electrons. The van der Waals surface area contributed by atoms with Crippen LogP contribution in [0.2, 0.25) is 5.02 Å². The molecule has 21 heavy (non-hydrogen) atoms. The zero-order valence-electron chi connectivity index (χ0n) is 11.2. The molecule has 1 atom stereocenters. The summed E-state index contributed by atoms with van der Waals surface area (Å²) in [5.41, 5.74) is 3.00. The molecule has 0 aromatic heterocycles. The average Bonchev–Trinajstić information content (AvgIpc) is 3.06. The lowest BCUT2D eigenvalue weighted by molar-refractivity contribution is 0.174. The molecule has 0 bridgehead atoms. The van der Waals surface area contributed by atoms with Crippen molar-refractivity contribution >= 4 is 17.3 Å². The summed E-state index contributed by atoms with van der Waals surface area (Å²) in [6.07, 6.45) is 1.79. The van der Waals surface area contributed by atoms with Gasteiger partial charge in [0.25, 0.3) is 0 Å². The summed E-state index contributed by atoms with van der Waals surface area (Å²) in [5.74, 6) is 1.18. The molecule has 108 valence electrons. The highest BCUT2D eigenvalue weighted by atomic mass is 35.5. The Kier molecular flexibility index (Phi) is 2.93. The van der Waals surface area contributed by atoms with Crippen LogP contribution in [0.4, 0.5) is 10.1 Å². The quantitative estimate of drug-likeness (QED) is 0.897. The van der Waals surface area contributed by atoms with E-state index < -0.39 is 0 Å². The molecule has 1 aliphatic carbocycles. The molecule has 0 fully saturated rings. The van der Waals surface area contributed by atoms with Gasteiger partial charge in [-0.05, 0) is 36.1 Å². The first kappa shape index (κ1) is 12.8. The van der Waals surface area contributed by atoms with Crippen molar-refractivity contribution in [1.29, 1.82) is 0 Å². The van der Waals surface area contributed by atoms with E-state index in [-0.39, 0.29) is 18.7 Å². The maximum absolute atomic E-state index is 13.3. The Morgan fingerprint density at radius 2 is 1.95 bits per heavy atom. The van der Waals surface area contributed by atoms with Gasteiger partial charge in [-0.1, -0.05) is 17.7 Å². The summed E-state index contributed by atoms with van der Waals surface area (Å²) >= 11 is 6.28. The lowest BCUT2D eigenvalue weighted by Crippen LogP contribution is -2.07. The number of aryl methyl sites for hydroxylation is 1. The van der Waals surface area contributed by atoms with Gasteiger partial charge in [-0.15, -0.1) is 0 Å². The van der Waals surface area contributed by atoms with Gasteiger partial charge in [-0.2, -0.15) is 0 Å². The summed E-state index contributed by atoms with van der Waals surface area (Å²) in [5, 5.41) is 4.02. The highest BCUT2D eigenvalue weighted by Crippen LogP contribution is 2.42. The van der Waals surface area contributed by atoms with Crippen LogP contribution in [-0.4, -0.2) is 6.79 Å². The fourth-order valence-corrected chi connectivity index (χ4v) is 3.16. The maximum Gasteiger partial charge on any atom is 0.231 e. The molecule has 0 spiro atoms. The van der Waals surface area contributed by atoms with E-state index in [1.165, 1.54) is 6.07 Å². The first-order valence-electron chi connectivity index (χ1n) is 6.85. The minimum absolute atomic E-state index is 0.137. The highest BCUT2D eigenvalue weighted by molar-refractivity contribution is 6.33. The molecule has 2 aromatic carbocycles. The van der Waals surface area contributed by atoms with E-state index in [2.05, 4.69) is 5.32 Å². The third kappa shape index (κ3) is 2.20. The Morgan fingerprint density at radius 1 is 1.14 bits per heavy atom. The van der Waals surface area contributed by atoms with Gasteiger partial charge in [-0.25, -0.2) is 4.39 Å². The van der Waals surface area contributed by atoms with Gasteiger partial charge in [0.15, 0.2) is 11.5 Å². The number of halogens is 2. The van der Waals surface area contributed by atoms with E-state index in [0.717, 1.165) is 29.7 Å². The van der Waals surface area contributed by atoms with E-state index in [9.17, 15) is 4.39 Å². The smallest absolute Gasteiger partial charge is 0.231 e. The number of benzene rings is 2. The SMILES string of the molecule is Fc1ccc2c(c1)CCC2Nc1cc2c(cc1Cl)OCO2. The van der Waals surface area contributed by atoms with Gasteiger partial charge in [-0.3, -0.25) is 0 Å². The second-order valence-corrected chi connectivity index (χ2v) is 5.67. The first-order valence-corrected chi connectivity index (χ1v) is 7.22. The van der Waals surface area contributed by atoms with Crippen LogP contribution in [0.25, 0.3) is 0 Å². The summed E-state index contributed by atoms with van der Waals surface area (Å²) in [7, 11) is 0. The van der Waals surface area contributed by atoms with Crippen LogP contribution < -0.4 is 14.8 Å². The van der Waals surface area contributed by atoms with Gasteiger partial charge in [0.05, 0.1) is 16.8 Å². The van der Waals surface area contributed by atoms with Crippen LogP contribution >= 0.6 is 11.6 Å². The molecule has 1 aliphatic heterocycles. The summed E-state index contributed by atoms with van der Waals surface area (Å²) in [4.78, 5) is 0. The molecule has 1 heterocycles. The minimum Gasteiger partial charge on any atom is -0.454 e. The number of hydrogen-bond acceptors (Lipinski definition) is 3. The molecular formula is C16H13ClFNO2. The maximum atomic E-state index is 13.3. The van der Waals surface area contributed by atoms with Crippen molar-refractivity contribution in [3.63, 3.8) is 0 Å². The molecule has 2 aliphatic rings. The molecule has 1 N–H and O–H groups in total. The van der Waals surface area contributed by atoms with Crippen LogP contribution in [0, 0.1) is 5.82 Å². The molecular weight excluding hydrogens is 293 g/mol. The third-order valence-electron chi connectivity index (χ3n) is 3.97. The van der Waals surface area contributed by atoms with Crippen LogP contribution in [0.3, 0.4) is 0 Å². The number of ether oxygens (including phenoxy) is 2. The van der Waals surface area contributed by atoms with Gasteiger partial charge in [0.2, 0.25) is 6.79 Å². The van der Waals surface area contributed by atoms with Crippen molar-refractivity contribution in [3.8, 4) is 11.5 Å². The molecule has 0 saturated carbocycles. The Hall–Kier alpha value is -1.94. The van der Waals surface area contributed by atoms with E-state index in [4.69, 9.17) is 21.1 Å². The van der Waals surface area contributed by atoms with Crippen molar-refractivity contribution in [3.05, 3.63) is 52.3 Å². The van der Waals surface area contributed by atoms with E-state index in [1.54, 1.807) is 12.1 Å². The van der Waals surface area contributed by atoms with Crippen molar-refractivity contribution in [2.75, 3.05) is 12.1 Å². The molecule has 1 unspecified atom stereocenters. The number of rotatable bonds is 2. The van der Waals surface area contributed by atoms with Crippen molar-refractivity contribution in [2.45, 2.75) is 18.9 Å². The summed E-state index contributed by atoms with van der Waals surface area (Å²) in [6, 6.07) is 8.70. The van der Waals surface area contributed by atoms with Gasteiger partial charge >= 0.3 is 0 Å².